The third-order valence-corrected chi connectivity index (χ3v) is 4.46. The zero-order valence-electron chi connectivity index (χ0n) is 15.6. The summed E-state index contributed by atoms with van der Waals surface area (Å²) in [5.74, 6) is 0.211. The van der Waals surface area contributed by atoms with Crippen molar-refractivity contribution in [3.8, 4) is 11.6 Å². The highest BCUT2D eigenvalue weighted by Gasteiger charge is 2.18. The Labute approximate surface area is 158 Å². The van der Waals surface area contributed by atoms with Gasteiger partial charge in [-0.15, -0.1) is 10.2 Å². The molecule has 0 fully saturated rings. The van der Waals surface area contributed by atoms with Crippen LogP contribution < -0.4 is 4.74 Å². The molecule has 3 aromatic rings. The Hall–Kier alpha value is -3.15. The summed E-state index contributed by atoms with van der Waals surface area (Å²) in [7, 11) is 1.58. The second-order valence-corrected chi connectivity index (χ2v) is 6.29. The van der Waals surface area contributed by atoms with Crippen molar-refractivity contribution in [2.45, 2.75) is 32.7 Å². The van der Waals surface area contributed by atoms with Crippen LogP contribution in [0, 0.1) is 0 Å². The average molecular weight is 365 g/mol. The maximum Gasteiger partial charge on any atom is 0.295 e. The van der Waals surface area contributed by atoms with Gasteiger partial charge in [0.05, 0.1) is 12.6 Å². The van der Waals surface area contributed by atoms with Crippen molar-refractivity contribution in [2.24, 2.45) is 10.2 Å². The number of hydrogen-bond acceptors (Lipinski definition) is 4. The standard InChI is InChI=1S/C21H23N3O3/c1-3-4-8-13-24-18-12-11-16(27-2)14-17(18)19(21(24)26)22-23-20(25)15-9-6-5-7-10-15/h5-7,9-12,14,26H,3-4,8,13H2,1-2H3. The Bertz CT molecular complexity index is 962. The summed E-state index contributed by atoms with van der Waals surface area (Å²) in [6.45, 7) is 2.80. The zero-order chi connectivity index (χ0) is 19.2. The molecule has 0 radical (unpaired) electrons. The molecule has 140 valence electrons. The van der Waals surface area contributed by atoms with Crippen LogP contribution in [0.15, 0.2) is 58.8 Å². The first-order valence-electron chi connectivity index (χ1n) is 9.06. The van der Waals surface area contributed by atoms with Gasteiger partial charge in [0.2, 0.25) is 5.88 Å². The smallest absolute Gasteiger partial charge is 0.295 e. The third-order valence-electron chi connectivity index (χ3n) is 4.46. The summed E-state index contributed by atoms with van der Waals surface area (Å²) in [5, 5.41) is 19.3. The molecule has 0 aliphatic heterocycles. The Morgan fingerprint density at radius 2 is 1.93 bits per heavy atom. The molecule has 6 heteroatoms. The molecule has 0 aliphatic carbocycles. The van der Waals surface area contributed by atoms with Gasteiger partial charge in [0, 0.05) is 17.5 Å². The molecule has 0 saturated carbocycles. The molecule has 27 heavy (non-hydrogen) atoms. The number of azo groups is 1. The maximum absolute atomic E-state index is 12.2. The van der Waals surface area contributed by atoms with Crippen LogP contribution in [0.25, 0.3) is 10.9 Å². The molecule has 1 heterocycles. The second kappa shape index (κ2) is 8.49. The van der Waals surface area contributed by atoms with E-state index in [1.807, 2.05) is 22.8 Å². The Morgan fingerprint density at radius 3 is 2.63 bits per heavy atom. The summed E-state index contributed by atoms with van der Waals surface area (Å²) in [4.78, 5) is 12.2. The first-order valence-corrected chi connectivity index (χ1v) is 9.06. The predicted molar refractivity (Wildman–Crippen MR) is 105 cm³/mol. The van der Waals surface area contributed by atoms with Crippen molar-refractivity contribution in [1.82, 2.24) is 4.57 Å². The number of benzene rings is 2. The molecule has 1 aromatic heterocycles. The van der Waals surface area contributed by atoms with Gasteiger partial charge in [-0.1, -0.05) is 38.0 Å². The van der Waals surface area contributed by atoms with E-state index in [4.69, 9.17) is 4.74 Å². The van der Waals surface area contributed by atoms with E-state index in [-0.39, 0.29) is 11.6 Å². The van der Waals surface area contributed by atoms with Crippen LogP contribution in [-0.2, 0) is 6.54 Å². The van der Waals surface area contributed by atoms with Gasteiger partial charge in [0.1, 0.15) is 5.75 Å². The lowest BCUT2D eigenvalue weighted by atomic mass is 10.2. The third kappa shape index (κ3) is 4.00. The molecular weight excluding hydrogens is 342 g/mol. The van der Waals surface area contributed by atoms with Crippen LogP contribution in [0.2, 0.25) is 0 Å². The van der Waals surface area contributed by atoms with Crippen LogP contribution in [-0.4, -0.2) is 22.7 Å². The summed E-state index contributed by atoms with van der Waals surface area (Å²) >= 11 is 0. The molecule has 3 rings (SSSR count). The van der Waals surface area contributed by atoms with Crippen molar-refractivity contribution in [2.75, 3.05) is 7.11 Å². The number of methoxy groups -OCH3 is 1. The van der Waals surface area contributed by atoms with E-state index in [1.54, 1.807) is 37.4 Å². The number of amides is 1. The quantitative estimate of drug-likeness (QED) is 0.445. The molecule has 0 spiro atoms. The van der Waals surface area contributed by atoms with Crippen LogP contribution in [0.3, 0.4) is 0 Å². The van der Waals surface area contributed by atoms with Crippen LogP contribution >= 0.6 is 0 Å². The van der Waals surface area contributed by atoms with Crippen molar-refractivity contribution >= 4 is 22.5 Å². The van der Waals surface area contributed by atoms with E-state index in [0.717, 1.165) is 24.8 Å². The van der Waals surface area contributed by atoms with Crippen LogP contribution in [0.1, 0.15) is 36.5 Å². The fourth-order valence-corrected chi connectivity index (χ4v) is 3.01. The van der Waals surface area contributed by atoms with Crippen LogP contribution in [0.4, 0.5) is 5.69 Å². The highest BCUT2D eigenvalue weighted by Crippen LogP contribution is 2.40. The monoisotopic (exact) mass is 365 g/mol. The first-order chi connectivity index (χ1) is 13.2. The van der Waals surface area contributed by atoms with Crippen molar-refractivity contribution in [3.05, 3.63) is 54.1 Å². The molecule has 1 amide bonds. The van der Waals surface area contributed by atoms with Gasteiger partial charge >= 0.3 is 0 Å². The minimum Gasteiger partial charge on any atom is -0.497 e. The summed E-state index contributed by atoms with van der Waals surface area (Å²) in [5.41, 5.74) is 1.57. The van der Waals surface area contributed by atoms with Gasteiger partial charge in [0.25, 0.3) is 5.91 Å². The zero-order valence-corrected chi connectivity index (χ0v) is 15.6. The maximum atomic E-state index is 12.2. The lowest BCUT2D eigenvalue weighted by Gasteiger charge is -2.06. The highest BCUT2D eigenvalue weighted by atomic mass is 16.5. The Kier molecular flexibility index (Phi) is 5.86. The molecule has 0 bridgehead atoms. The van der Waals surface area contributed by atoms with Crippen molar-refractivity contribution in [1.29, 1.82) is 0 Å². The number of carbonyl (C=O) groups excluding carboxylic acids is 1. The van der Waals surface area contributed by atoms with Gasteiger partial charge < -0.3 is 14.4 Å². The predicted octanol–water partition coefficient (Wildman–Crippen LogP) is 5.47. The van der Waals surface area contributed by atoms with E-state index >= 15 is 0 Å². The largest absolute Gasteiger partial charge is 0.497 e. The first kappa shape index (κ1) is 18.6. The van der Waals surface area contributed by atoms with Gasteiger partial charge in [0.15, 0.2) is 5.69 Å². The summed E-state index contributed by atoms with van der Waals surface area (Å²) in [6.07, 6.45) is 3.10. The van der Waals surface area contributed by atoms with Gasteiger partial charge in [-0.05, 0) is 36.8 Å². The summed E-state index contributed by atoms with van der Waals surface area (Å²) in [6, 6.07) is 14.3. The number of ether oxygens (including phenoxy) is 1. The lowest BCUT2D eigenvalue weighted by Crippen LogP contribution is -1.97. The number of aromatic hydroxyl groups is 1. The van der Waals surface area contributed by atoms with E-state index in [2.05, 4.69) is 17.2 Å². The van der Waals surface area contributed by atoms with E-state index in [9.17, 15) is 9.90 Å². The van der Waals surface area contributed by atoms with E-state index < -0.39 is 5.91 Å². The minimum atomic E-state index is -0.454. The fourth-order valence-electron chi connectivity index (χ4n) is 3.01. The number of hydrogen-bond donors (Lipinski definition) is 1. The average Bonchev–Trinajstić information content (AvgIpc) is 2.97. The number of rotatable bonds is 7. The Morgan fingerprint density at radius 1 is 1.15 bits per heavy atom. The van der Waals surface area contributed by atoms with Crippen molar-refractivity contribution < 1.29 is 14.6 Å². The molecule has 0 unspecified atom stereocenters. The number of nitrogens with zero attached hydrogens (tertiary/aromatic N) is 3. The molecule has 2 aromatic carbocycles. The fraction of sp³-hybridized carbons (Fsp3) is 0.286. The number of aromatic nitrogens is 1. The minimum absolute atomic E-state index is 0.0129. The molecule has 0 saturated heterocycles. The Balaban J connectivity index is 2.01. The van der Waals surface area contributed by atoms with Gasteiger partial charge in [-0.25, -0.2) is 0 Å². The SMILES string of the molecule is CCCCCn1c(O)c(N=NC(=O)c2ccccc2)c2cc(OC)ccc21. The van der Waals surface area contributed by atoms with Gasteiger partial charge in [-0.3, -0.25) is 4.79 Å². The summed E-state index contributed by atoms with van der Waals surface area (Å²) < 4.78 is 7.10. The van der Waals surface area contributed by atoms with E-state index in [1.165, 1.54) is 0 Å². The number of carbonyl (C=O) groups is 1. The molecular formula is C21H23N3O3. The lowest BCUT2D eigenvalue weighted by molar-refractivity contribution is 0.0995. The molecule has 1 N–H and O–H groups in total. The van der Waals surface area contributed by atoms with Crippen LogP contribution in [0.5, 0.6) is 11.6 Å². The number of unbranched alkanes of at least 4 members (excludes halogenated alkanes) is 2. The molecule has 0 aliphatic rings. The highest BCUT2D eigenvalue weighted by molar-refractivity contribution is 5.97. The second-order valence-electron chi connectivity index (χ2n) is 6.29. The topological polar surface area (TPSA) is 76.2 Å². The number of aryl methyl sites for hydroxylation is 1. The normalized spacial score (nSPS) is 11.3. The molecule has 6 nitrogen and oxygen atoms in total. The van der Waals surface area contributed by atoms with Gasteiger partial charge in [-0.2, -0.15) is 0 Å². The van der Waals surface area contributed by atoms with E-state index in [0.29, 0.717) is 23.2 Å². The molecule has 0 atom stereocenters. The number of fused-ring (bicyclic) bond motifs is 1. The van der Waals surface area contributed by atoms with Crippen molar-refractivity contribution in [3.63, 3.8) is 0 Å².